The lowest BCUT2D eigenvalue weighted by Gasteiger charge is -2.13. The van der Waals surface area contributed by atoms with Gasteiger partial charge >= 0.3 is 0 Å². The van der Waals surface area contributed by atoms with Gasteiger partial charge in [-0.15, -0.1) is 0 Å². The van der Waals surface area contributed by atoms with Crippen molar-refractivity contribution in [2.45, 2.75) is 40.7 Å². The van der Waals surface area contributed by atoms with Gasteiger partial charge < -0.3 is 15.4 Å². The SMILES string of the molecule is Cc1ccc(C)c(Nc2nc(C)cc(Nc3ccc(OC(C)C)cc3)n2)c1. The van der Waals surface area contributed by atoms with Gasteiger partial charge in [0, 0.05) is 23.1 Å². The lowest BCUT2D eigenvalue weighted by Crippen LogP contribution is -2.05. The predicted octanol–water partition coefficient (Wildman–Crippen LogP) is 5.68. The molecule has 1 aromatic heterocycles. The molecule has 0 aliphatic carbocycles. The second-order valence-corrected chi connectivity index (χ2v) is 6.98. The van der Waals surface area contributed by atoms with E-state index in [-0.39, 0.29) is 6.10 Å². The van der Waals surface area contributed by atoms with Crippen LogP contribution in [0.5, 0.6) is 5.75 Å². The lowest BCUT2D eigenvalue weighted by atomic mass is 10.1. The maximum Gasteiger partial charge on any atom is 0.229 e. The number of aromatic nitrogens is 2. The summed E-state index contributed by atoms with van der Waals surface area (Å²) in [7, 11) is 0. The molecule has 5 heteroatoms. The number of benzene rings is 2. The first-order valence-corrected chi connectivity index (χ1v) is 9.13. The van der Waals surface area contributed by atoms with Crippen LogP contribution in [0.4, 0.5) is 23.1 Å². The fourth-order valence-corrected chi connectivity index (χ4v) is 2.72. The number of nitrogens with zero attached hydrogens (tertiary/aromatic N) is 2. The van der Waals surface area contributed by atoms with Crippen molar-refractivity contribution in [3.8, 4) is 5.75 Å². The molecule has 0 radical (unpaired) electrons. The molecule has 5 nitrogen and oxygen atoms in total. The fraction of sp³-hybridized carbons (Fsp3) is 0.273. The molecule has 1 heterocycles. The van der Waals surface area contributed by atoms with Gasteiger partial charge in [-0.25, -0.2) is 4.98 Å². The average Bonchev–Trinajstić information content (AvgIpc) is 2.59. The maximum absolute atomic E-state index is 5.68. The van der Waals surface area contributed by atoms with E-state index in [0.29, 0.717) is 5.95 Å². The largest absolute Gasteiger partial charge is 0.491 e. The van der Waals surface area contributed by atoms with Gasteiger partial charge in [0.05, 0.1) is 6.10 Å². The van der Waals surface area contributed by atoms with E-state index < -0.39 is 0 Å². The smallest absolute Gasteiger partial charge is 0.229 e. The summed E-state index contributed by atoms with van der Waals surface area (Å²) < 4.78 is 5.68. The molecule has 2 aromatic carbocycles. The number of anilines is 4. The van der Waals surface area contributed by atoms with Crippen LogP contribution in [0.15, 0.2) is 48.5 Å². The van der Waals surface area contributed by atoms with Gasteiger partial charge in [-0.3, -0.25) is 0 Å². The van der Waals surface area contributed by atoms with Gasteiger partial charge in [-0.05, 0) is 76.1 Å². The van der Waals surface area contributed by atoms with Crippen LogP contribution in [-0.2, 0) is 0 Å². The van der Waals surface area contributed by atoms with Crippen LogP contribution in [0.25, 0.3) is 0 Å². The minimum absolute atomic E-state index is 0.159. The molecule has 2 N–H and O–H groups in total. The summed E-state index contributed by atoms with van der Waals surface area (Å²) >= 11 is 0. The Morgan fingerprint density at radius 2 is 1.59 bits per heavy atom. The predicted molar refractivity (Wildman–Crippen MR) is 111 cm³/mol. The molecular weight excluding hydrogens is 336 g/mol. The quantitative estimate of drug-likeness (QED) is 0.591. The molecule has 0 spiro atoms. The van der Waals surface area contributed by atoms with Crippen LogP contribution < -0.4 is 15.4 Å². The van der Waals surface area contributed by atoms with Crippen LogP contribution in [0.1, 0.15) is 30.7 Å². The number of hydrogen-bond donors (Lipinski definition) is 2. The van der Waals surface area contributed by atoms with Crippen LogP contribution in [0, 0.1) is 20.8 Å². The lowest BCUT2D eigenvalue weighted by molar-refractivity contribution is 0.242. The minimum atomic E-state index is 0.159. The molecule has 0 amide bonds. The number of aryl methyl sites for hydroxylation is 3. The van der Waals surface area contributed by atoms with E-state index >= 15 is 0 Å². The first-order valence-electron chi connectivity index (χ1n) is 9.13. The Labute approximate surface area is 160 Å². The second kappa shape index (κ2) is 8.08. The first-order chi connectivity index (χ1) is 12.9. The van der Waals surface area contributed by atoms with E-state index in [4.69, 9.17) is 4.74 Å². The number of rotatable bonds is 6. The van der Waals surface area contributed by atoms with Crippen LogP contribution in [0.2, 0.25) is 0 Å². The van der Waals surface area contributed by atoms with E-state index in [2.05, 4.69) is 52.6 Å². The molecule has 27 heavy (non-hydrogen) atoms. The zero-order chi connectivity index (χ0) is 19.4. The molecule has 0 aliphatic rings. The van der Waals surface area contributed by atoms with Crippen LogP contribution in [-0.4, -0.2) is 16.1 Å². The number of nitrogens with one attached hydrogen (secondary N) is 2. The standard InChI is InChI=1S/C22H26N4O/c1-14(2)27-19-10-8-18(9-11-19)24-21-13-17(5)23-22(26-21)25-20-12-15(3)6-7-16(20)4/h6-14H,1-5H3,(H2,23,24,25,26). The van der Waals surface area contributed by atoms with Crippen molar-refractivity contribution in [1.82, 2.24) is 9.97 Å². The van der Waals surface area contributed by atoms with Crippen molar-refractivity contribution in [3.63, 3.8) is 0 Å². The molecule has 0 fully saturated rings. The van der Waals surface area contributed by atoms with Crippen molar-refractivity contribution >= 4 is 23.1 Å². The Kier molecular flexibility index (Phi) is 5.60. The molecule has 0 aliphatic heterocycles. The minimum Gasteiger partial charge on any atom is -0.491 e. The summed E-state index contributed by atoms with van der Waals surface area (Å²) in [6, 6.07) is 16.1. The van der Waals surface area contributed by atoms with Crippen LogP contribution in [0.3, 0.4) is 0 Å². The van der Waals surface area contributed by atoms with Crippen molar-refractivity contribution in [3.05, 3.63) is 65.4 Å². The fourth-order valence-electron chi connectivity index (χ4n) is 2.72. The van der Waals surface area contributed by atoms with Crippen molar-refractivity contribution in [2.24, 2.45) is 0 Å². The monoisotopic (exact) mass is 362 g/mol. The molecule has 140 valence electrons. The second-order valence-electron chi connectivity index (χ2n) is 6.98. The summed E-state index contributed by atoms with van der Waals surface area (Å²) in [5, 5.41) is 6.66. The Bertz CT molecular complexity index is 920. The topological polar surface area (TPSA) is 59.1 Å². The Balaban J connectivity index is 1.78. The van der Waals surface area contributed by atoms with Gasteiger partial charge in [0.1, 0.15) is 11.6 Å². The average molecular weight is 362 g/mol. The van der Waals surface area contributed by atoms with Crippen LogP contribution >= 0.6 is 0 Å². The van der Waals surface area contributed by atoms with E-state index in [0.717, 1.165) is 34.2 Å². The third-order valence-corrected chi connectivity index (χ3v) is 3.99. The highest BCUT2D eigenvalue weighted by atomic mass is 16.5. The summed E-state index contributed by atoms with van der Waals surface area (Å²) in [5.41, 5.74) is 5.20. The van der Waals surface area contributed by atoms with E-state index in [9.17, 15) is 0 Å². The first kappa shape index (κ1) is 18.7. The summed E-state index contributed by atoms with van der Waals surface area (Å²) in [6.07, 6.45) is 0.159. The molecule has 0 unspecified atom stereocenters. The van der Waals surface area contributed by atoms with E-state index in [1.807, 2.05) is 51.1 Å². The molecule has 3 rings (SSSR count). The van der Waals surface area contributed by atoms with Gasteiger partial charge in [-0.2, -0.15) is 4.98 Å². The highest BCUT2D eigenvalue weighted by molar-refractivity contribution is 5.63. The van der Waals surface area contributed by atoms with Gasteiger partial charge in [-0.1, -0.05) is 12.1 Å². The Hall–Kier alpha value is -3.08. The zero-order valence-corrected chi connectivity index (χ0v) is 16.5. The molecule has 0 bridgehead atoms. The third kappa shape index (κ3) is 5.20. The maximum atomic E-state index is 5.68. The molecule has 0 atom stereocenters. The van der Waals surface area contributed by atoms with E-state index in [1.54, 1.807) is 0 Å². The zero-order valence-electron chi connectivity index (χ0n) is 16.5. The summed E-state index contributed by atoms with van der Waals surface area (Å²) in [4.78, 5) is 9.11. The van der Waals surface area contributed by atoms with Crippen molar-refractivity contribution in [1.29, 1.82) is 0 Å². The third-order valence-electron chi connectivity index (χ3n) is 3.99. The van der Waals surface area contributed by atoms with Crippen molar-refractivity contribution < 1.29 is 4.74 Å². The number of ether oxygens (including phenoxy) is 1. The normalized spacial score (nSPS) is 10.7. The summed E-state index contributed by atoms with van der Waals surface area (Å²) in [6.45, 7) is 10.1. The highest BCUT2D eigenvalue weighted by Gasteiger charge is 2.06. The Morgan fingerprint density at radius 3 is 2.30 bits per heavy atom. The Morgan fingerprint density at radius 1 is 0.852 bits per heavy atom. The number of hydrogen-bond acceptors (Lipinski definition) is 5. The van der Waals surface area contributed by atoms with Gasteiger partial charge in [0.2, 0.25) is 5.95 Å². The molecular formula is C22H26N4O. The van der Waals surface area contributed by atoms with Gasteiger partial charge in [0.25, 0.3) is 0 Å². The van der Waals surface area contributed by atoms with Gasteiger partial charge in [0.15, 0.2) is 0 Å². The van der Waals surface area contributed by atoms with Crippen molar-refractivity contribution in [2.75, 3.05) is 10.6 Å². The highest BCUT2D eigenvalue weighted by Crippen LogP contribution is 2.23. The molecule has 0 saturated heterocycles. The molecule has 0 saturated carbocycles. The molecule has 3 aromatic rings. The summed E-state index contributed by atoms with van der Waals surface area (Å²) in [5.74, 6) is 2.17. The van der Waals surface area contributed by atoms with E-state index in [1.165, 1.54) is 5.56 Å².